The largest absolute Gasteiger partial charge is 0.368 e. The van der Waals surface area contributed by atoms with Crippen molar-refractivity contribution in [2.45, 2.75) is 25.9 Å². The number of nitrogens with zero attached hydrogens (tertiary/aromatic N) is 6. The van der Waals surface area contributed by atoms with Crippen LogP contribution in [0, 0.1) is 0 Å². The molecule has 1 atom stereocenters. The molecule has 5 rings (SSSR count). The molecule has 3 N–H and O–H groups in total. The number of hydrogen-bond acceptors (Lipinski definition) is 7. The predicted octanol–water partition coefficient (Wildman–Crippen LogP) is 2.13. The van der Waals surface area contributed by atoms with Crippen molar-refractivity contribution in [2.24, 2.45) is 7.05 Å². The summed E-state index contributed by atoms with van der Waals surface area (Å²) < 4.78 is 1.87. The van der Waals surface area contributed by atoms with Crippen molar-refractivity contribution >= 4 is 23.5 Å². The number of amides is 1. The third-order valence-corrected chi connectivity index (χ3v) is 7.23. The molecule has 0 saturated carbocycles. The number of rotatable bonds is 4. The molecule has 2 aliphatic heterocycles. The monoisotopic (exact) mass is 474 g/mol. The Kier molecular flexibility index (Phi) is 6.10. The zero-order valence-corrected chi connectivity index (χ0v) is 21.0. The van der Waals surface area contributed by atoms with Gasteiger partial charge in [0.05, 0.1) is 0 Å². The van der Waals surface area contributed by atoms with Crippen LogP contribution in [0.1, 0.15) is 28.5 Å². The smallest absolute Gasteiger partial charge is 0.267 e. The molecule has 0 bridgehead atoms. The quantitative estimate of drug-likeness (QED) is 0.598. The fourth-order valence-corrected chi connectivity index (χ4v) is 5.09. The molecule has 9 heteroatoms. The van der Waals surface area contributed by atoms with E-state index < -0.39 is 0 Å². The van der Waals surface area contributed by atoms with Gasteiger partial charge < -0.3 is 30.3 Å². The van der Waals surface area contributed by atoms with Gasteiger partial charge in [0, 0.05) is 70.7 Å². The lowest BCUT2D eigenvalue weighted by molar-refractivity contribution is 0.0955. The van der Waals surface area contributed by atoms with E-state index in [9.17, 15) is 4.79 Å². The molecule has 0 spiro atoms. The Morgan fingerprint density at radius 3 is 2.49 bits per heavy atom. The second kappa shape index (κ2) is 9.22. The number of anilines is 3. The number of likely N-dealkylation sites (N-methyl/N-ethyl adjacent to an activating group) is 1. The molecule has 0 aliphatic carbocycles. The Morgan fingerprint density at radius 1 is 1.00 bits per heavy atom. The summed E-state index contributed by atoms with van der Waals surface area (Å²) >= 11 is 0. The van der Waals surface area contributed by atoms with E-state index >= 15 is 0 Å². The molecule has 3 aromatic rings. The second-order valence-electron chi connectivity index (χ2n) is 9.70. The van der Waals surface area contributed by atoms with Crippen LogP contribution in [0.4, 0.5) is 17.6 Å². The van der Waals surface area contributed by atoms with Gasteiger partial charge >= 0.3 is 0 Å². The first-order chi connectivity index (χ1) is 16.8. The lowest BCUT2D eigenvalue weighted by atomic mass is 9.92. The summed E-state index contributed by atoms with van der Waals surface area (Å²) in [6.45, 7) is 6.87. The van der Waals surface area contributed by atoms with Gasteiger partial charge in [-0.2, -0.15) is 9.97 Å². The van der Waals surface area contributed by atoms with E-state index in [1.54, 1.807) is 7.05 Å². The highest BCUT2D eigenvalue weighted by Gasteiger charge is 2.26. The highest BCUT2D eigenvalue weighted by Crippen LogP contribution is 2.33. The molecule has 35 heavy (non-hydrogen) atoms. The van der Waals surface area contributed by atoms with Crippen molar-refractivity contribution in [3.05, 3.63) is 53.3 Å². The fourth-order valence-electron chi connectivity index (χ4n) is 5.09. The number of aryl methyl sites for hydroxylation is 1. The minimum atomic E-state index is -0.0887. The minimum absolute atomic E-state index is 0.0887. The fraction of sp³-hybridized carbons (Fsp3) is 0.423. The number of piperazine rings is 1. The van der Waals surface area contributed by atoms with Gasteiger partial charge in [0.2, 0.25) is 5.95 Å². The van der Waals surface area contributed by atoms with E-state index in [0.717, 1.165) is 61.9 Å². The number of carbonyl (C=O) groups excluding carboxylic acids is 1. The average molecular weight is 475 g/mol. The van der Waals surface area contributed by atoms with Crippen LogP contribution in [0.15, 0.2) is 36.5 Å². The summed E-state index contributed by atoms with van der Waals surface area (Å²) in [4.78, 5) is 28.3. The number of hydrogen-bond donors (Lipinski definition) is 2. The van der Waals surface area contributed by atoms with E-state index in [1.807, 2.05) is 23.9 Å². The van der Waals surface area contributed by atoms with Crippen molar-refractivity contribution in [1.82, 2.24) is 24.8 Å². The molecule has 1 saturated heterocycles. The van der Waals surface area contributed by atoms with Crippen LogP contribution >= 0.6 is 0 Å². The summed E-state index contributed by atoms with van der Waals surface area (Å²) in [6.07, 6.45) is 2.94. The standard InChI is InChI=1S/C26H34N8O/c1-17-11-18-5-6-19(21-13-22(25(35)28-2)32(4)15-21)12-20(18)16-34(17)24-14-23(29-26(27)30-24)33-9-7-31(3)8-10-33/h5-6,12-15,17H,7-11,16H2,1-4H3,(H,28,35)(H2,27,29,30). The molecule has 2 aromatic heterocycles. The van der Waals surface area contributed by atoms with Crippen LogP contribution in [-0.4, -0.2) is 71.7 Å². The first kappa shape index (κ1) is 23.2. The minimum Gasteiger partial charge on any atom is -0.368 e. The maximum atomic E-state index is 12.2. The number of benzene rings is 1. The Hall–Kier alpha value is -3.59. The maximum Gasteiger partial charge on any atom is 0.267 e. The van der Waals surface area contributed by atoms with Gasteiger partial charge in [0.15, 0.2) is 0 Å². The Labute approximate surface area is 206 Å². The van der Waals surface area contributed by atoms with Gasteiger partial charge in [-0.1, -0.05) is 12.1 Å². The molecule has 1 fully saturated rings. The number of carbonyl (C=O) groups is 1. The highest BCUT2D eigenvalue weighted by atomic mass is 16.1. The third-order valence-electron chi connectivity index (χ3n) is 7.23. The predicted molar refractivity (Wildman–Crippen MR) is 140 cm³/mol. The van der Waals surface area contributed by atoms with Crippen LogP contribution in [0.2, 0.25) is 0 Å². The van der Waals surface area contributed by atoms with E-state index in [4.69, 9.17) is 5.73 Å². The van der Waals surface area contributed by atoms with Gasteiger partial charge in [-0.25, -0.2) is 0 Å². The molecule has 0 radical (unpaired) electrons. The van der Waals surface area contributed by atoms with Crippen LogP contribution in [0.5, 0.6) is 0 Å². The highest BCUT2D eigenvalue weighted by molar-refractivity contribution is 5.94. The van der Waals surface area contributed by atoms with Crippen molar-refractivity contribution in [3.63, 3.8) is 0 Å². The van der Waals surface area contributed by atoms with Gasteiger partial charge in [-0.3, -0.25) is 4.79 Å². The molecule has 9 nitrogen and oxygen atoms in total. The Bertz CT molecular complexity index is 1240. The molecule has 1 unspecified atom stereocenters. The topological polar surface area (TPSA) is 95.6 Å². The summed E-state index contributed by atoms with van der Waals surface area (Å²) in [6, 6.07) is 10.9. The zero-order chi connectivity index (χ0) is 24.7. The lowest BCUT2D eigenvalue weighted by Gasteiger charge is -2.37. The molecule has 1 amide bonds. The second-order valence-corrected chi connectivity index (χ2v) is 9.70. The number of nitrogen functional groups attached to an aromatic ring is 1. The summed E-state index contributed by atoms with van der Waals surface area (Å²) in [7, 11) is 5.69. The molecule has 2 aliphatic rings. The molecular formula is C26H34N8O. The maximum absolute atomic E-state index is 12.2. The van der Waals surface area contributed by atoms with Crippen molar-refractivity contribution in [1.29, 1.82) is 0 Å². The summed E-state index contributed by atoms with van der Waals surface area (Å²) in [5, 5.41) is 2.71. The molecule has 4 heterocycles. The summed E-state index contributed by atoms with van der Waals surface area (Å²) in [5.74, 6) is 2.00. The molecular weight excluding hydrogens is 440 g/mol. The van der Waals surface area contributed by atoms with Crippen LogP contribution in [0.25, 0.3) is 11.1 Å². The van der Waals surface area contributed by atoms with Gasteiger partial charge in [-0.05, 0) is 49.2 Å². The van der Waals surface area contributed by atoms with Gasteiger partial charge in [0.1, 0.15) is 17.3 Å². The van der Waals surface area contributed by atoms with Crippen molar-refractivity contribution < 1.29 is 4.79 Å². The zero-order valence-electron chi connectivity index (χ0n) is 21.0. The van der Waals surface area contributed by atoms with E-state index in [-0.39, 0.29) is 5.91 Å². The van der Waals surface area contributed by atoms with E-state index in [1.165, 1.54) is 11.1 Å². The molecule has 184 valence electrons. The van der Waals surface area contributed by atoms with Gasteiger partial charge in [-0.15, -0.1) is 0 Å². The number of nitrogens with two attached hydrogens (primary N) is 1. The summed E-state index contributed by atoms with van der Waals surface area (Å²) in [5.41, 5.74) is 11.6. The molecule has 1 aromatic carbocycles. The van der Waals surface area contributed by atoms with Crippen molar-refractivity contribution in [3.8, 4) is 11.1 Å². The Morgan fingerprint density at radius 2 is 1.74 bits per heavy atom. The van der Waals surface area contributed by atoms with Crippen LogP contribution in [-0.2, 0) is 20.0 Å². The normalized spacial score (nSPS) is 18.5. The van der Waals surface area contributed by atoms with E-state index in [2.05, 4.69) is 68.2 Å². The van der Waals surface area contributed by atoms with E-state index in [0.29, 0.717) is 17.7 Å². The third kappa shape index (κ3) is 4.55. The Balaban J connectivity index is 1.43. The first-order valence-electron chi connectivity index (χ1n) is 12.2. The number of fused-ring (bicyclic) bond motifs is 1. The number of aromatic nitrogens is 3. The van der Waals surface area contributed by atoms with Gasteiger partial charge in [0.25, 0.3) is 5.91 Å². The van der Waals surface area contributed by atoms with Crippen molar-refractivity contribution in [2.75, 3.05) is 55.8 Å². The SMILES string of the molecule is CNC(=O)c1cc(-c2ccc3c(c2)CN(c2cc(N4CCN(C)CC4)nc(N)n2)C(C)C3)cn1C. The lowest BCUT2D eigenvalue weighted by Crippen LogP contribution is -2.45. The average Bonchev–Trinajstić information content (AvgIpc) is 3.24. The first-order valence-corrected chi connectivity index (χ1v) is 12.2. The van der Waals surface area contributed by atoms with Crippen LogP contribution < -0.4 is 20.9 Å². The number of nitrogens with one attached hydrogen (secondary N) is 1. The van der Waals surface area contributed by atoms with Crippen LogP contribution in [0.3, 0.4) is 0 Å².